The van der Waals surface area contributed by atoms with Crippen LogP contribution in [0.1, 0.15) is 28.5 Å². The van der Waals surface area contributed by atoms with E-state index in [2.05, 4.69) is 15.7 Å². The number of nitrogens with zero attached hydrogens (tertiary/aromatic N) is 2. The van der Waals surface area contributed by atoms with Crippen molar-refractivity contribution < 1.29 is 9.59 Å². The molecule has 0 bridgehead atoms. The van der Waals surface area contributed by atoms with Gasteiger partial charge in [-0.1, -0.05) is 30.3 Å². The molecular weight excluding hydrogens is 362 g/mol. The molecule has 3 aromatic rings. The number of thiophene rings is 1. The van der Waals surface area contributed by atoms with E-state index in [9.17, 15) is 9.59 Å². The van der Waals surface area contributed by atoms with Crippen LogP contribution in [0.25, 0.3) is 0 Å². The van der Waals surface area contributed by atoms with Crippen LogP contribution in [0.2, 0.25) is 0 Å². The first-order valence-electron chi connectivity index (χ1n) is 8.52. The molecule has 140 valence electrons. The van der Waals surface area contributed by atoms with Crippen LogP contribution < -0.4 is 16.4 Å². The van der Waals surface area contributed by atoms with Crippen LogP contribution in [-0.2, 0) is 17.9 Å². The molecule has 0 saturated heterocycles. The standard InChI is InChI=1S/C19H21N5O2S/c20-19(26)23-16(17-7-3-10-27-17)11-18(25)21-12-14-5-1-2-6-15(14)13-24-9-4-8-22-24/h1-10,16H,11-13H2,(H,21,25)(H3,20,23,26). The van der Waals surface area contributed by atoms with E-state index < -0.39 is 12.1 Å². The minimum absolute atomic E-state index is 0.130. The van der Waals surface area contributed by atoms with Crippen molar-refractivity contribution in [1.82, 2.24) is 20.4 Å². The third kappa shape index (κ3) is 5.42. The van der Waals surface area contributed by atoms with Crippen molar-refractivity contribution in [2.24, 2.45) is 5.73 Å². The van der Waals surface area contributed by atoms with E-state index in [4.69, 9.17) is 5.73 Å². The maximum atomic E-state index is 12.4. The summed E-state index contributed by atoms with van der Waals surface area (Å²) >= 11 is 1.47. The second kappa shape index (κ2) is 9.00. The quantitative estimate of drug-likeness (QED) is 0.557. The molecule has 0 fully saturated rings. The number of nitrogens with two attached hydrogens (primary N) is 1. The predicted molar refractivity (Wildman–Crippen MR) is 104 cm³/mol. The summed E-state index contributed by atoms with van der Waals surface area (Å²) in [7, 11) is 0. The van der Waals surface area contributed by atoms with Gasteiger partial charge in [0.25, 0.3) is 0 Å². The van der Waals surface area contributed by atoms with Crippen LogP contribution >= 0.6 is 11.3 Å². The third-order valence-corrected chi connectivity index (χ3v) is 5.06. The topological polar surface area (TPSA) is 102 Å². The normalized spacial score (nSPS) is 11.7. The highest BCUT2D eigenvalue weighted by atomic mass is 32.1. The van der Waals surface area contributed by atoms with Gasteiger partial charge in [-0.2, -0.15) is 5.10 Å². The van der Waals surface area contributed by atoms with Crippen molar-refractivity contribution in [2.75, 3.05) is 0 Å². The third-order valence-electron chi connectivity index (χ3n) is 4.08. The zero-order chi connectivity index (χ0) is 19.1. The van der Waals surface area contributed by atoms with Crippen LogP contribution in [0.4, 0.5) is 4.79 Å². The Morgan fingerprint density at radius 1 is 1.15 bits per heavy atom. The lowest BCUT2D eigenvalue weighted by molar-refractivity contribution is -0.121. The van der Waals surface area contributed by atoms with Gasteiger partial charge < -0.3 is 16.4 Å². The molecule has 27 heavy (non-hydrogen) atoms. The number of benzene rings is 1. The van der Waals surface area contributed by atoms with Gasteiger partial charge in [0.1, 0.15) is 0 Å². The highest BCUT2D eigenvalue weighted by Crippen LogP contribution is 2.22. The molecule has 0 aliphatic rings. The van der Waals surface area contributed by atoms with Crippen molar-refractivity contribution in [3.8, 4) is 0 Å². The van der Waals surface area contributed by atoms with Crippen LogP contribution in [0.15, 0.2) is 60.2 Å². The van der Waals surface area contributed by atoms with Gasteiger partial charge in [0, 0.05) is 23.8 Å². The van der Waals surface area contributed by atoms with E-state index >= 15 is 0 Å². The summed E-state index contributed by atoms with van der Waals surface area (Å²) in [6.07, 6.45) is 3.77. The summed E-state index contributed by atoms with van der Waals surface area (Å²) in [5.41, 5.74) is 7.35. The molecule has 3 rings (SSSR count). The van der Waals surface area contributed by atoms with Crippen LogP contribution in [0.5, 0.6) is 0 Å². The number of primary amides is 1. The lowest BCUT2D eigenvalue weighted by atomic mass is 10.1. The van der Waals surface area contributed by atoms with Crippen molar-refractivity contribution in [2.45, 2.75) is 25.6 Å². The predicted octanol–water partition coefficient (Wildman–Crippen LogP) is 2.41. The Morgan fingerprint density at radius 2 is 1.96 bits per heavy atom. The maximum absolute atomic E-state index is 12.4. The summed E-state index contributed by atoms with van der Waals surface area (Å²) in [5, 5.41) is 11.7. The number of hydrogen-bond acceptors (Lipinski definition) is 4. The minimum Gasteiger partial charge on any atom is -0.352 e. The fraction of sp³-hybridized carbons (Fsp3) is 0.211. The molecule has 0 saturated carbocycles. The summed E-state index contributed by atoms with van der Waals surface area (Å²) in [6.45, 7) is 1.05. The summed E-state index contributed by atoms with van der Waals surface area (Å²) in [5.74, 6) is -0.156. The van der Waals surface area contributed by atoms with E-state index in [1.54, 1.807) is 6.20 Å². The largest absolute Gasteiger partial charge is 0.352 e. The molecule has 0 spiro atoms. The number of aromatic nitrogens is 2. The Balaban J connectivity index is 1.61. The average Bonchev–Trinajstić information content (AvgIpc) is 3.34. The van der Waals surface area contributed by atoms with E-state index in [1.807, 2.05) is 58.7 Å². The molecule has 2 heterocycles. The first-order chi connectivity index (χ1) is 13.1. The molecule has 0 radical (unpaired) electrons. The van der Waals surface area contributed by atoms with E-state index in [0.29, 0.717) is 13.1 Å². The van der Waals surface area contributed by atoms with Crippen molar-refractivity contribution >= 4 is 23.3 Å². The highest BCUT2D eigenvalue weighted by molar-refractivity contribution is 7.10. The lowest BCUT2D eigenvalue weighted by Gasteiger charge is -2.16. The molecule has 8 heteroatoms. The Labute approximate surface area is 161 Å². The van der Waals surface area contributed by atoms with E-state index in [-0.39, 0.29) is 12.3 Å². The van der Waals surface area contributed by atoms with Crippen molar-refractivity contribution in [3.63, 3.8) is 0 Å². The van der Waals surface area contributed by atoms with Crippen LogP contribution in [0, 0.1) is 0 Å². The zero-order valence-electron chi connectivity index (χ0n) is 14.7. The van der Waals surface area contributed by atoms with Gasteiger partial charge in [-0.3, -0.25) is 9.48 Å². The smallest absolute Gasteiger partial charge is 0.312 e. The van der Waals surface area contributed by atoms with Crippen molar-refractivity contribution in [3.05, 3.63) is 76.2 Å². The van der Waals surface area contributed by atoms with Gasteiger partial charge in [-0.15, -0.1) is 11.3 Å². The summed E-state index contributed by atoms with van der Waals surface area (Å²) in [6, 6.07) is 12.5. The Bertz CT molecular complexity index is 877. The van der Waals surface area contributed by atoms with Crippen LogP contribution in [0.3, 0.4) is 0 Å². The first-order valence-corrected chi connectivity index (χ1v) is 9.40. The number of carbonyl (C=O) groups excluding carboxylic acids is 2. The monoisotopic (exact) mass is 383 g/mol. The Kier molecular flexibility index (Phi) is 6.22. The number of urea groups is 1. The Morgan fingerprint density at radius 3 is 2.63 bits per heavy atom. The van der Waals surface area contributed by atoms with Gasteiger partial charge >= 0.3 is 6.03 Å². The minimum atomic E-state index is -0.647. The average molecular weight is 383 g/mol. The fourth-order valence-corrected chi connectivity index (χ4v) is 3.57. The van der Waals surface area contributed by atoms with Gasteiger partial charge in [-0.25, -0.2) is 4.79 Å². The number of rotatable bonds is 8. The molecule has 3 amide bonds. The molecule has 0 aliphatic carbocycles. The molecule has 0 aliphatic heterocycles. The number of nitrogens with one attached hydrogen (secondary N) is 2. The second-order valence-corrected chi connectivity index (χ2v) is 7.01. The number of amides is 3. The highest BCUT2D eigenvalue weighted by Gasteiger charge is 2.18. The summed E-state index contributed by atoms with van der Waals surface area (Å²) < 4.78 is 1.84. The molecule has 4 N–H and O–H groups in total. The molecule has 1 aromatic carbocycles. The molecule has 1 atom stereocenters. The van der Waals surface area contributed by atoms with E-state index in [1.165, 1.54) is 11.3 Å². The zero-order valence-corrected chi connectivity index (χ0v) is 15.5. The first kappa shape index (κ1) is 18.7. The van der Waals surface area contributed by atoms with Gasteiger partial charge in [0.05, 0.1) is 19.0 Å². The number of carbonyl (C=O) groups is 2. The molecular formula is C19H21N5O2S. The number of hydrogen-bond donors (Lipinski definition) is 3. The van der Waals surface area contributed by atoms with Crippen molar-refractivity contribution in [1.29, 1.82) is 0 Å². The molecule has 7 nitrogen and oxygen atoms in total. The SMILES string of the molecule is NC(=O)NC(CC(=O)NCc1ccccc1Cn1cccn1)c1cccs1. The van der Waals surface area contributed by atoms with E-state index in [0.717, 1.165) is 16.0 Å². The van der Waals surface area contributed by atoms with Gasteiger partial charge in [0.2, 0.25) is 5.91 Å². The van der Waals surface area contributed by atoms with Gasteiger partial charge in [-0.05, 0) is 28.6 Å². The summed E-state index contributed by atoms with van der Waals surface area (Å²) in [4.78, 5) is 24.5. The lowest BCUT2D eigenvalue weighted by Crippen LogP contribution is -2.36. The maximum Gasteiger partial charge on any atom is 0.312 e. The molecule has 1 unspecified atom stereocenters. The molecule has 2 aromatic heterocycles. The second-order valence-electron chi connectivity index (χ2n) is 6.03. The van der Waals surface area contributed by atoms with Gasteiger partial charge in [0.15, 0.2) is 0 Å². The van der Waals surface area contributed by atoms with Crippen LogP contribution in [-0.4, -0.2) is 21.7 Å². The Hall–Kier alpha value is -3.13. The fourth-order valence-electron chi connectivity index (χ4n) is 2.79.